The zero-order valence-electron chi connectivity index (χ0n) is 27.0. The average molecular weight is 664 g/mol. The minimum atomic E-state index is -4.26. The van der Waals surface area contributed by atoms with E-state index in [1.165, 1.54) is 17.5 Å². The highest BCUT2D eigenvalue weighted by molar-refractivity contribution is 7.18. The van der Waals surface area contributed by atoms with Crippen molar-refractivity contribution in [3.8, 4) is 6.07 Å². The first-order valence-electron chi connectivity index (χ1n) is 16.5. The molecule has 4 aromatic rings. The van der Waals surface area contributed by atoms with Gasteiger partial charge in [0.2, 0.25) is 5.91 Å². The van der Waals surface area contributed by atoms with Crippen LogP contribution in [0.1, 0.15) is 74.1 Å². The first-order chi connectivity index (χ1) is 22.4. The predicted molar refractivity (Wildman–Crippen MR) is 177 cm³/mol. The number of hydrogen-bond donors (Lipinski definition) is 2. The molecule has 3 saturated carbocycles. The average Bonchev–Trinajstić information content (AvgIpc) is 3.57. The van der Waals surface area contributed by atoms with Gasteiger partial charge in [-0.3, -0.25) is 9.69 Å². The second kappa shape index (κ2) is 11.8. The van der Waals surface area contributed by atoms with Gasteiger partial charge in [-0.1, -0.05) is 19.9 Å². The molecule has 3 aliphatic carbocycles. The van der Waals surface area contributed by atoms with Gasteiger partial charge in [-0.15, -0.1) is 11.3 Å². The fraction of sp³-hybridized carbons (Fsp3) is 0.543. The van der Waals surface area contributed by atoms with Gasteiger partial charge in [0, 0.05) is 59.5 Å². The summed E-state index contributed by atoms with van der Waals surface area (Å²) in [7, 11) is 0. The molecule has 8 nitrogen and oxygen atoms in total. The number of hydrogen-bond acceptors (Lipinski definition) is 7. The maximum Gasteiger partial charge on any atom is 0.393 e. The summed E-state index contributed by atoms with van der Waals surface area (Å²) in [6.45, 7) is 9.54. The third-order valence-electron chi connectivity index (χ3n) is 10.7. The van der Waals surface area contributed by atoms with Crippen LogP contribution in [0.3, 0.4) is 0 Å². The number of carbonyl (C=O) groups excluding carboxylic acids is 1. The molecule has 1 aromatic carbocycles. The Morgan fingerprint density at radius 2 is 1.91 bits per heavy atom. The summed E-state index contributed by atoms with van der Waals surface area (Å²) in [4.78, 5) is 24.3. The second-order valence-corrected chi connectivity index (χ2v) is 15.4. The molecule has 8 rings (SSSR count). The van der Waals surface area contributed by atoms with Gasteiger partial charge in [-0.25, -0.2) is 9.97 Å². The van der Waals surface area contributed by atoms with Gasteiger partial charge >= 0.3 is 6.18 Å². The Hall–Kier alpha value is -3.69. The van der Waals surface area contributed by atoms with E-state index < -0.39 is 12.6 Å². The topological polar surface area (TPSA) is 98.9 Å². The second-order valence-electron chi connectivity index (χ2n) is 14.3. The molecular weight excluding hydrogens is 623 g/mol. The highest BCUT2D eigenvalue weighted by Gasteiger charge is 2.68. The molecule has 0 spiro atoms. The normalized spacial score (nSPS) is 23.7. The molecule has 0 unspecified atom stereocenters. The molecule has 2 bridgehead atoms. The van der Waals surface area contributed by atoms with Crippen LogP contribution in [0.4, 0.5) is 19.0 Å². The first kappa shape index (κ1) is 31.9. The Bertz CT molecular complexity index is 1860. The van der Waals surface area contributed by atoms with Gasteiger partial charge in [0.25, 0.3) is 0 Å². The molecule has 12 heteroatoms. The molecule has 47 heavy (non-hydrogen) atoms. The molecule has 4 aliphatic rings. The van der Waals surface area contributed by atoms with Gasteiger partial charge in [0.1, 0.15) is 28.7 Å². The summed E-state index contributed by atoms with van der Waals surface area (Å²) in [5.74, 6) is 0.786. The molecule has 1 atom stereocenters. The standard InChI is InChI=1S/C35H40F3N7OS/c1-4-21(2)31(46)43-34-16-33(17-34,18-34)19-45-25(14-39)11-27-22(3)23(5-6-29(27)45)15-44-9-7-24(8-10-44)42-30-28-12-26(13-35(36,37)38)47-32(28)41-20-40-30/h5-6,11-12,20-21,24H,4,7-10,13,15-19H2,1-3H3,(H,43,46)(H,40,41,42)/t21-,33?,34?/m1/s1. The summed E-state index contributed by atoms with van der Waals surface area (Å²) >= 11 is 1.07. The van der Waals surface area contributed by atoms with Crippen LogP contribution < -0.4 is 10.6 Å². The van der Waals surface area contributed by atoms with Crippen molar-refractivity contribution in [3.05, 3.63) is 52.3 Å². The maximum atomic E-state index is 12.9. The van der Waals surface area contributed by atoms with Crippen molar-refractivity contribution in [2.75, 3.05) is 18.4 Å². The van der Waals surface area contributed by atoms with E-state index in [-0.39, 0.29) is 33.7 Å². The number of benzene rings is 1. The number of alkyl halides is 3. The Kier molecular flexibility index (Phi) is 7.99. The quantitative estimate of drug-likeness (QED) is 0.188. The molecule has 2 N–H and O–H groups in total. The molecule has 1 aliphatic heterocycles. The fourth-order valence-corrected chi connectivity index (χ4v) is 9.16. The van der Waals surface area contributed by atoms with E-state index in [4.69, 9.17) is 0 Å². The number of nitrogens with one attached hydrogen (secondary N) is 2. The van der Waals surface area contributed by atoms with Gasteiger partial charge in [0.15, 0.2) is 0 Å². The highest BCUT2D eigenvalue weighted by atomic mass is 32.1. The van der Waals surface area contributed by atoms with Gasteiger partial charge in [-0.05, 0) is 80.2 Å². The summed E-state index contributed by atoms with van der Waals surface area (Å²) in [6, 6.07) is 10.6. The van der Waals surface area contributed by atoms with Crippen LogP contribution in [-0.4, -0.2) is 56.2 Å². The van der Waals surface area contributed by atoms with E-state index in [0.29, 0.717) is 21.7 Å². The Morgan fingerprint density at radius 3 is 2.60 bits per heavy atom. The number of thiophene rings is 1. The lowest BCUT2D eigenvalue weighted by Crippen LogP contribution is -2.76. The van der Waals surface area contributed by atoms with Crippen LogP contribution in [0.15, 0.2) is 30.6 Å². The van der Waals surface area contributed by atoms with Crippen LogP contribution in [0, 0.1) is 29.6 Å². The number of nitriles is 1. The molecule has 1 amide bonds. The molecular formula is C35H40F3N7OS. The van der Waals surface area contributed by atoms with Gasteiger partial charge in [0.05, 0.1) is 11.8 Å². The van der Waals surface area contributed by atoms with Gasteiger partial charge < -0.3 is 15.2 Å². The monoisotopic (exact) mass is 663 g/mol. The fourth-order valence-electron chi connectivity index (χ4n) is 8.13. The lowest BCUT2D eigenvalue weighted by Gasteiger charge is -2.71. The number of fused-ring (bicyclic) bond motifs is 2. The number of aromatic nitrogens is 3. The lowest BCUT2D eigenvalue weighted by molar-refractivity contribution is -0.173. The third kappa shape index (κ3) is 6.08. The largest absolute Gasteiger partial charge is 0.393 e. The van der Waals surface area contributed by atoms with Crippen LogP contribution in [0.2, 0.25) is 0 Å². The maximum absolute atomic E-state index is 12.9. The number of aryl methyl sites for hydroxylation is 1. The lowest BCUT2D eigenvalue weighted by atomic mass is 9.39. The number of rotatable bonds is 10. The summed E-state index contributed by atoms with van der Waals surface area (Å²) < 4.78 is 41.0. The van der Waals surface area contributed by atoms with E-state index in [1.54, 1.807) is 6.07 Å². The van der Waals surface area contributed by atoms with Gasteiger partial charge in [-0.2, -0.15) is 18.4 Å². The predicted octanol–water partition coefficient (Wildman–Crippen LogP) is 7.09. The number of nitrogens with zero attached hydrogens (tertiary/aromatic N) is 5. The molecule has 4 fully saturated rings. The van der Waals surface area contributed by atoms with E-state index in [1.807, 2.05) is 19.9 Å². The number of piperidine rings is 1. The van der Waals surface area contributed by atoms with E-state index in [0.717, 1.165) is 86.9 Å². The van der Waals surface area contributed by atoms with E-state index in [2.05, 4.69) is 55.2 Å². The minimum absolute atomic E-state index is 0.0339. The zero-order chi connectivity index (χ0) is 33.1. The molecule has 0 radical (unpaired) electrons. The van der Waals surface area contributed by atoms with Crippen LogP contribution in [0.5, 0.6) is 0 Å². The van der Waals surface area contributed by atoms with Crippen molar-refractivity contribution in [2.45, 2.75) is 96.6 Å². The summed E-state index contributed by atoms with van der Waals surface area (Å²) in [6.07, 6.45) is 1.75. The van der Waals surface area contributed by atoms with Crippen molar-refractivity contribution < 1.29 is 18.0 Å². The van der Waals surface area contributed by atoms with Crippen molar-refractivity contribution in [2.24, 2.45) is 11.3 Å². The van der Waals surface area contributed by atoms with E-state index >= 15 is 0 Å². The van der Waals surface area contributed by atoms with E-state index in [9.17, 15) is 23.2 Å². The Morgan fingerprint density at radius 1 is 1.17 bits per heavy atom. The SMILES string of the molecule is CC[C@@H](C)C(=O)NC12CC(Cn3c(C#N)cc4c(C)c(CN5CCC(Nc6ncnc7sc(CC(F)(F)F)cc67)CC5)ccc43)(C1)C2. The van der Waals surface area contributed by atoms with Crippen molar-refractivity contribution in [3.63, 3.8) is 0 Å². The number of amides is 1. The number of likely N-dealkylation sites (tertiary alicyclic amines) is 1. The van der Waals surface area contributed by atoms with Crippen LogP contribution in [-0.2, 0) is 24.3 Å². The Balaban J connectivity index is 0.977. The number of halogens is 3. The van der Waals surface area contributed by atoms with Crippen molar-refractivity contribution in [1.29, 1.82) is 5.26 Å². The third-order valence-corrected chi connectivity index (χ3v) is 11.8. The summed E-state index contributed by atoms with van der Waals surface area (Å²) in [5.41, 5.74) is 4.32. The zero-order valence-corrected chi connectivity index (χ0v) is 27.8. The first-order valence-corrected chi connectivity index (χ1v) is 17.3. The number of anilines is 1. The van der Waals surface area contributed by atoms with Crippen LogP contribution >= 0.6 is 11.3 Å². The smallest absolute Gasteiger partial charge is 0.367 e. The summed E-state index contributed by atoms with van der Waals surface area (Å²) in [5, 5.41) is 18.6. The molecule has 248 valence electrons. The molecule has 4 heterocycles. The van der Waals surface area contributed by atoms with Crippen LogP contribution in [0.25, 0.3) is 21.1 Å². The van der Waals surface area contributed by atoms with Crippen molar-refractivity contribution in [1.82, 2.24) is 24.8 Å². The Labute approximate surface area is 276 Å². The molecule has 3 aromatic heterocycles. The molecule has 1 saturated heterocycles. The minimum Gasteiger partial charge on any atom is -0.367 e. The van der Waals surface area contributed by atoms with Crippen molar-refractivity contribution >= 4 is 44.2 Å². The highest BCUT2D eigenvalue weighted by Crippen LogP contribution is 2.68. The number of carbonyl (C=O) groups is 1.